The van der Waals surface area contributed by atoms with Crippen LogP contribution in [0.2, 0.25) is 0 Å². The SMILES string of the molecule is COc1ccc(CN2CCNCc3ccccc32)cc1[N+](=O)[O-]. The van der Waals surface area contributed by atoms with Crippen LogP contribution in [0.15, 0.2) is 42.5 Å². The lowest BCUT2D eigenvalue weighted by molar-refractivity contribution is -0.385. The molecule has 6 heteroatoms. The summed E-state index contributed by atoms with van der Waals surface area (Å²) in [7, 11) is 1.44. The summed E-state index contributed by atoms with van der Waals surface area (Å²) in [6.07, 6.45) is 0. The minimum Gasteiger partial charge on any atom is -0.490 e. The first-order valence-electron chi connectivity index (χ1n) is 7.54. The minimum absolute atomic E-state index is 0.00577. The van der Waals surface area contributed by atoms with Crippen molar-refractivity contribution < 1.29 is 9.66 Å². The smallest absolute Gasteiger partial charge is 0.311 e. The molecule has 120 valence electrons. The summed E-state index contributed by atoms with van der Waals surface area (Å²) in [4.78, 5) is 13.0. The second kappa shape index (κ2) is 6.66. The number of nitrogens with one attached hydrogen (secondary N) is 1. The molecule has 0 atom stereocenters. The summed E-state index contributed by atoms with van der Waals surface area (Å²) in [5, 5.41) is 14.6. The summed E-state index contributed by atoms with van der Waals surface area (Å²) < 4.78 is 5.06. The average molecular weight is 313 g/mol. The molecule has 1 aliphatic rings. The summed E-state index contributed by atoms with van der Waals surface area (Å²) >= 11 is 0. The number of hydrogen-bond donors (Lipinski definition) is 1. The van der Waals surface area contributed by atoms with Crippen LogP contribution in [-0.2, 0) is 13.1 Å². The molecule has 0 radical (unpaired) electrons. The van der Waals surface area contributed by atoms with Crippen molar-refractivity contribution in [2.45, 2.75) is 13.1 Å². The molecule has 2 aromatic rings. The normalized spacial score (nSPS) is 14.0. The molecule has 0 fully saturated rings. The van der Waals surface area contributed by atoms with Crippen molar-refractivity contribution in [3.8, 4) is 5.75 Å². The van der Waals surface area contributed by atoms with E-state index in [-0.39, 0.29) is 11.4 Å². The van der Waals surface area contributed by atoms with Gasteiger partial charge < -0.3 is 15.0 Å². The Balaban J connectivity index is 1.90. The van der Waals surface area contributed by atoms with Crippen LogP contribution in [0.1, 0.15) is 11.1 Å². The maximum Gasteiger partial charge on any atom is 0.311 e. The second-order valence-corrected chi connectivity index (χ2v) is 5.49. The highest BCUT2D eigenvalue weighted by molar-refractivity contribution is 5.56. The van der Waals surface area contributed by atoms with Crippen molar-refractivity contribution in [1.29, 1.82) is 0 Å². The molecule has 0 spiro atoms. The number of rotatable bonds is 4. The molecule has 1 heterocycles. The average Bonchev–Trinajstić information content (AvgIpc) is 2.77. The highest BCUT2D eigenvalue weighted by Gasteiger charge is 2.18. The maximum atomic E-state index is 11.2. The fourth-order valence-electron chi connectivity index (χ4n) is 2.89. The van der Waals surface area contributed by atoms with E-state index in [0.717, 1.165) is 25.2 Å². The van der Waals surface area contributed by atoms with E-state index in [9.17, 15) is 10.1 Å². The van der Waals surface area contributed by atoms with Gasteiger partial charge >= 0.3 is 5.69 Å². The summed E-state index contributed by atoms with van der Waals surface area (Å²) in [6, 6.07) is 13.4. The monoisotopic (exact) mass is 313 g/mol. The summed E-state index contributed by atoms with van der Waals surface area (Å²) in [5.41, 5.74) is 3.32. The van der Waals surface area contributed by atoms with Crippen LogP contribution >= 0.6 is 0 Å². The molecule has 0 aliphatic carbocycles. The number of nitrogens with zero attached hydrogens (tertiary/aromatic N) is 2. The van der Waals surface area contributed by atoms with E-state index in [4.69, 9.17) is 4.74 Å². The van der Waals surface area contributed by atoms with Gasteiger partial charge in [0.15, 0.2) is 5.75 Å². The van der Waals surface area contributed by atoms with Crippen LogP contribution in [0, 0.1) is 10.1 Å². The number of ether oxygens (including phenoxy) is 1. The zero-order chi connectivity index (χ0) is 16.2. The van der Waals surface area contributed by atoms with Gasteiger partial charge in [0.1, 0.15) is 0 Å². The Morgan fingerprint density at radius 3 is 2.91 bits per heavy atom. The molecule has 0 saturated carbocycles. The summed E-state index contributed by atoms with van der Waals surface area (Å²) in [5.74, 6) is 0.289. The quantitative estimate of drug-likeness (QED) is 0.694. The fraction of sp³-hybridized carbons (Fsp3) is 0.294. The Kier molecular flexibility index (Phi) is 4.43. The van der Waals surface area contributed by atoms with Crippen molar-refractivity contribution in [3.05, 3.63) is 63.7 Å². The van der Waals surface area contributed by atoms with Crippen LogP contribution < -0.4 is 15.0 Å². The highest BCUT2D eigenvalue weighted by Crippen LogP contribution is 2.29. The van der Waals surface area contributed by atoms with Gasteiger partial charge in [-0.2, -0.15) is 0 Å². The van der Waals surface area contributed by atoms with Gasteiger partial charge in [0, 0.05) is 37.9 Å². The molecule has 3 rings (SSSR count). The number of fused-ring (bicyclic) bond motifs is 1. The Bertz CT molecular complexity index is 718. The number of nitro groups is 1. The number of hydrogen-bond acceptors (Lipinski definition) is 5. The zero-order valence-corrected chi connectivity index (χ0v) is 13.0. The first-order valence-corrected chi connectivity index (χ1v) is 7.54. The number of nitro benzene ring substituents is 1. The molecule has 6 nitrogen and oxygen atoms in total. The van der Waals surface area contributed by atoms with Crippen LogP contribution in [-0.4, -0.2) is 25.1 Å². The van der Waals surface area contributed by atoms with Gasteiger partial charge in [-0.3, -0.25) is 10.1 Å². The fourth-order valence-corrected chi connectivity index (χ4v) is 2.89. The summed E-state index contributed by atoms with van der Waals surface area (Å²) in [6.45, 7) is 3.21. The molecule has 0 unspecified atom stereocenters. The van der Waals surface area contributed by atoms with Crippen molar-refractivity contribution in [3.63, 3.8) is 0 Å². The lowest BCUT2D eigenvalue weighted by Crippen LogP contribution is -2.28. The molecule has 23 heavy (non-hydrogen) atoms. The lowest BCUT2D eigenvalue weighted by atomic mass is 10.1. The van der Waals surface area contributed by atoms with Gasteiger partial charge in [-0.15, -0.1) is 0 Å². The number of benzene rings is 2. The van der Waals surface area contributed by atoms with Crippen LogP contribution in [0.5, 0.6) is 5.75 Å². The molecule has 0 aromatic heterocycles. The largest absolute Gasteiger partial charge is 0.490 e. The van der Waals surface area contributed by atoms with Crippen LogP contribution in [0.25, 0.3) is 0 Å². The van der Waals surface area contributed by atoms with E-state index in [1.807, 2.05) is 18.2 Å². The molecule has 1 N–H and O–H groups in total. The van der Waals surface area contributed by atoms with Crippen molar-refractivity contribution in [1.82, 2.24) is 5.32 Å². The predicted molar refractivity (Wildman–Crippen MR) is 88.8 cm³/mol. The van der Waals surface area contributed by atoms with E-state index < -0.39 is 4.92 Å². The van der Waals surface area contributed by atoms with Gasteiger partial charge in [-0.1, -0.05) is 24.3 Å². The van der Waals surface area contributed by atoms with Crippen molar-refractivity contribution >= 4 is 11.4 Å². The van der Waals surface area contributed by atoms with Crippen molar-refractivity contribution in [2.24, 2.45) is 0 Å². The number of methoxy groups -OCH3 is 1. The Hall–Kier alpha value is -2.60. The van der Waals surface area contributed by atoms with Crippen LogP contribution in [0.4, 0.5) is 11.4 Å². The Labute approximate surface area is 134 Å². The number of para-hydroxylation sites is 1. The molecular formula is C17H19N3O3. The van der Waals surface area contributed by atoms with Crippen LogP contribution in [0.3, 0.4) is 0 Å². The molecule has 0 amide bonds. The Morgan fingerprint density at radius 1 is 1.30 bits per heavy atom. The molecule has 0 bridgehead atoms. The maximum absolute atomic E-state index is 11.2. The van der Waals surface area contributed by atoms with E-state index in [1.54, 1.807) is 12.1 Å². The third-order valence-electron chi connectivity index (χ3n) is 4.02. The van der Waals surface area contributed by atoms with Gasteiger partial charge in [-0.05, 0) is 23.3 Å². The number of anilines is 1. The van der Waals surface area contributed by atoms with Gasteiger partial charge in [-0.25, -0.2) is 0 Å². The zero-order valence-electron chi connectivity index (χ0n) is 13.0. The van der Waals surface area contributed by atoms with Gasteiger partial charge in [0.05, 0.1) is 12.0 Å². The lowest BCUT2D eigenvalue weighted by Gasteiger charge is -2.24. The topological polar surface area (TPSA) is 67.6 Å². The van der Waals surface area contributed by atoms with E-state index >= 15 is 0 Å². The molecule has 0 saturated heterocycles. The first kappa shape index (κ1) is 15.3. The van der Waals surface area contributed by atoms with Gasteiger partial charge in [0.2, 0.25) is 0 Å². The van der Waals surface area contributed by atoms with E-state index in [1.165, 1.54) is 18.4 Å². The van der Waals surface area contributed by atoms with E-state index in [0.29, 0.717) is 6.54 Å². The predicted octanol–water partition coefficient (Wildman–Crippen LogP) is 2.71. The van der Waals surface area contributed by atoms with E-state index in [2.05, 4.69) is 22.3 Å². The Morgan fingerprint density at radius 2 is 2.13 bits per heavy atom. The molecule has 2 aromatic carbocycles. The highest BCUT2D eigenvalue weighted by atomic mass is 16.6. The van der Waals surface area contributed by atoms with Crippen molar-refractivity contribution in [2.75, 3.05) is 25.1 Å². The first-order chi connectivity index (χ1) is 11.2. The van der Waals surface area contributed by atoms with Gasteiger partial charge in [0.25, 0.3) is 0 Å². The standard InChI is InChI=1S/C17H19N3O3/c1-23-17-7-6-13(10-16(17)20(21)22)12-19-9-8-18-11-14-4-2-3-5-15(14)19/h2-7,10,18H,8-9,11-12H2,1H3. The molecular weight excluding hydrogens is 294 g/mol. The minimum atomic E-state index is -0.403. The third kappa shape index (κ3) is 3.27. The third-order valence-corrected chi connectivity index (χ3v) is 4.02. The second-order valence-electron chi connectivity index (χ2n) is 5.49. The molecule has 1 aliphatic heterocycles.